The van der Waals surface area contributed by atoms with E-state index in [1.54, 1.807) is 0 Å². The quantitative estimate of drug-likeness (QED) is 0.336. The van der Waals surface area contributed by atoms with Crippen molar-refractivity contribution in [1.29, 1.82) is 0 Å². The first-order valence-corrected chi connectivity index (χ1v) is 6.54. The average Bonchev–Trinajstić information content (AvgIpc) is 2.47. The Bertz CT molecular complexity index is 464. The van der Waals surface area contributed by atoms with Crippen LogP contribution in [0.2, 0.25) is 0 Å². The van der Waals surface area contributed by atoms with E-state index in [1.165, 1.54) is 31.4 Å². The molecule has 1 aromatic carbocycles. The van der Waals surface area contributed by atoms with Crippen molar-refractivity contribution >= 4 is 24.4 Å². The van der Waals surface area contributed by atoms with Gasteiger partial charge in [-0.3, -0.25) is 9.59 Å². The summed E-state index contributed by atoms with van der Waals surface area (Å²) in [6.45, 7) is 0.907. The van der Waals surface area contributed by atoms with Crippen molar-refractivity contribution in [3.63, 3.8) is 0 Å². The molecule has 0 bridgehead atoms. The van der Waals surface area contributed by atoms with Crippen LogP contribution in [0.1, 0.15) is 16.8 Å². The lowest BCUT2D eigenvalue weighted by Crippen LogP contribution is -2.32. The topological polar surface area (TPSA) is 108 Å². The summed E-state index contributed by atoms with van der Waals surface area (Å²) in [5, 5.41) is 23.2. The summed E-state index contributed by atoms with van der Waals surface area (Å²) in [7, 11) is -0.0984. The summed E-state index contributed by atoms with van der Waals surface area (Å²) in [6.07, 6.45) is 0.606. The molecule has 7 nitrogen and oxygen atoms in total. The first-order valence-electron chi connectivity index (χ1n) is 6.54. The molecule has 0 spiro atoms. The van der Waals surface area contributed by atoms with Gasteiger partial charge in [0.15, 0.2) is 0 Å². The van der Waals surface area contributed by atoms with Crippen LogP contribution in [0.15, 0.2) is 24.3 Å². The Morgan fingerprint density at radius 3 is 2.33 bits per heavy atom. The maximum Gasteiger partial charge on any atom is 0.488 e. The van der Waals surface area contributed by atoms with Gasteiger partial charge in [-0.05, 0) is 24.0 Å². The fourth-order valence-electron chi connectivity index (χ4n) is 1.61. The Morgan fingerprint density at radius 2 is 1.76 bits per heavy atom. The molecule has 0 saturated carbocycles. The minimum Gasteiger partial charge on any atom is -0.423 e. The van der Waals surface area contributed by atoms with Crippen LogP contribution in [-0.4, -0.2) is 55.8 Å². The molecule has 0 aliphatic carbocycles. The van der Waals surface area contributed by atoms with Crippen molar-refractivity contribution in [3.05, 3.63) is 29.8 Å². The van der Waals surface area contributed by atoms with Crippen molar-refractivity contribution in [2.75, 3.05) is 26.8 Å². The van der Waals surface area contributed by atoms with Gasteiger partial charge in [-0.2, -0.15) is 0 Å². The summed E-state index contributed by atoms with van der Waals surface area (Å²) < 4.78 is 4.67. The molecule has 0 fully saturated rings. The van der Waals surface area contributed by atoms with E-state index in [-0.39, 0.29) is 18.4 Å². The SMILES string of the molecule is COCC(=O)NCCCNC(=O)c1ccc(B(O)O)cc1. The zero-order valence-corrected chi connectivity index (χ0v) is 11.8. The molecule has 2 amide bonds. The molecule has 21 heavy (non-hydrogen) atoms. The van der Waals surface area contributed by atoms with E-state index in [1.807, 2.05) is 0 Å². The third-order valence-corrected chi connectivity index (χ3v) is 2.71. The second kappa shape index (κ2) is 9.12. The van der Waals surface area contributed by atoms with E-state index in [0.29, 0.717) is 30.5 Å². The number of hydrogen-bond acceptors (Lipinski definition) is 5. The predicted octanol–water partition coefficient (Wildman–Crippen LogP) is -1.75. The van der Waals surface area contributed by atoms with E-state index in [2.05, 4.69) is 15.4 Å². The van der Waals surface area contributed by atoms with Gasteiger partial charge in [0, 0.05) is 25.8 Å². The molecule has 114 valence electrons. The number of ether oxygens (including phenoxy) is 1. The normalized spacial score (nSPS) is 10.0. The maximum atomic E-state index is 11.8. The van der Waals surface area contributed by atoms with E-state index < -0.39 is 7.12 Å². The Hall–Kier alpha value is -1.90. The highest BCUT2D eigenvalue weighted by atomic mass is 16.5. The Balaban J connectivity index is 2.26. The summed E-state index contributed by atoms with van der Waals surface area (Å²) in [4.78, 5) is 22.9. The number of amides is 2. The summed E-state index contributed by atoms with van der Waals surface area (Å²) >= 11 is 0. The molecule has 4 N–H and O–H groups in total. The average molecular weight is 294 g/mol. The predicted molar refractivity (Wildman–Crippen MR) is 78.1 cm³/mol. The molecule has 0 aromatic heterocycles. The molecule has 8 heteroatoms. The second-order valence-electron chi connectivity index (χ2n) is 4.39. The second-order valence-corrected chi connectivity index (χ2v) is 4.39. The minimum absolute atomic E-state index is 0.0232. The number of carbonyl (C=O) groups is 2. The Kier molecular flexibility index (Phi) is 7.45. The number of rotatable bonds is 8. The summed E-state index contributed by atoms with van der Waals surface area (Å²) in [5.74, 6) is -0.445. The lowest BCUT2D eigenvalue weighted by Gasteiger charge is -2.07. The van der Waals surface area contributed by atoms with Crippen LogP contribution < -0.4 is 16.1 Å². The summed E-state index contributed by atoms with van der Waals surface area (Å²) in [5.41, 5.74) is 0.759. The van der Waals surface area contributed by atoms with Crippen LogP contribution in [0, 0.1) is 0 Å². The van der Waals surface area contributed by atoms with Gasteiger partial charge in [-0.25, -0.2) is 0 Å². The van der Waals surface area contributed by atoms with Crippen LogP contribution >= 0.6 is 0 Å². The summed E-state index contributed by atoms with van der Waals surface area (Å²) in [6, 6.07) is 5.99. The number of carbonyl (C=O) groups excluding carboxylic acids is 2. The van der Waals surface area contributed by atoms with Crippen LogP contribution in [0.25, 0.3) is 0 Å². The van der Waals surface area contributed by atoms with E-state index >= 15 is 0 Å². The van der Waals surface area contributed by atoms with Crippen molar-refractivity contribution in [3.8, 4) is 0 Å². The zero-order chi connectivity index (χ0) is 15.7. The standard InChI is InChI=1S/C13H19BN2O5/c1-21-9-12(17)15-7-2-8-16-13(18)10-3-5-11(6-4-10)14(19)20/h3-6,19-20H,2,7-9H2,1H3,(H,15,17)(H,16,18). The Labute approximate surface area is 123 Å². The number of benzene rings is 1. The number of methoxy groups -OCH3 is 1. The van der Waals surface area contributed by atoms with Crippen molar-refractivity contribution < 1.29 is 24.4 Å². The lowest BCUT2D eigenvalue weighted by molar-refractivity contribution is -0.124. The molecule has 0 aliphatic heterocycles. The fraction of sp³-hybridized carbons (Fsp3) is 0.385. The molecular weight excluding hydrogens is 275 g/mol. The highest BCUT2D eigenvalue weighted by Crippen LogP contribution is 1.97. The Morgan fingerprint density at radius 1 is 1.14 bits per heavy atom. The third-order valence-electron chi connectivity index (χ3n) is 2.71. The van der Waals surface area contributed by atoms with Crippen LogP contribution in [-0.2, 0) is 9.53 Å². The fourth-order valence-corrected chi connectivity index (χ4v) is 1.61. The monoisotopic (exact) mass is 294 g/mol. The first kappa shape index (κ1) is 17.2. The lowest BCUT2D eigenvalue weighted by atomic mass is 9.80. The molecule has 0 atom stereocenters. The first-order chi connectivity index (χ1) is 10.0. The van der Waals surface area contributed by atoms with Crippen LogP contribution in [0.3, 0.4) is 0 Å². The van der Waals surface area contributed by atoms with Crippen LogP contribution in [0.4, 0.5) is 0 Å². The number of nitrogens with one attached hydrogen (secondary N) is 2. The largest absolute Gasteiger partial charge is 0.488 e. The van der Waals surface area contributed by atoms with Crippen molar-refractivity contribution in [2.45, 2.75) is 6.42 Å². The van der Waals surface area contributed by atoms with Crippen molar-refractivity contribution in [2.24, 2.45) is 0 Å². The molecule has 0 radical (unpaired) electrons. The smallest absolute Gasteiger partial charge is 0.423 e. The van der Waals surface area contributed by atoms with E-state index in [9.17, 15) is 9.59 Å². The van der Waals surface area contributed by atoms with Gasteiger partial charge in [0.05, 0.1) is 0 Å². The van der Waals surface area contributed by atoms with Gasteiger partial charge >= 0.3 is 7.12 Å². The number of hydrogen-bond donors (Lipinski definition) is 4. The van der Waals surface area contributed by atoms with Gasteiger partial charge in [0.1, 0.15) is 6.61 Å². The minimum atomic E-state index is -1.54. The van der Waals surface area contributed by atoms with Crippen molar-refractivity contribution in [1.82, 2.24) is 10.6 Å². The van der Waals surface area contributed by atoms with Crippen LogP contribution in [0.5, 0.6) is 0 Å². The zero-order valence-electron chi connectivity index (χ0n) is 11.8. The molecule has 0 saturated heterocycles. The molecule has 0 aliphatic rings. The van der Waals surface area contributed by atoms with Gasteiger partial charge < -0.3 is 25.4 Å². The molecular formula is C13H19BN2O5. The van der Waals surface area contributed by atoms with E-state index in [0.717, 1.165) is 0 Å². The molecule has 0 unspecified atom stereocenters. The molecule has 1 rings (SSSR count). The highest BCUT2D eigenvalue weighted by molar-refractivity contribution is 6.58. The van der Waals surface area contributed by atoms with Gasteiger partial charge in [-0.1, -0.05) is 12.1 Å². The third kappa shape index (κ3) is 6.39. The highest BCUT2D eigenvalue weighted by Gasteiger charge is 2.11. The maximum absolute atomic E-state index is 11.8. The molecule has 0 heterocycles. The van der Waals surface area contributed by atoms with Gasteiger partial charge in [0.25, 0.3) is 5.91 Å². The van der Waals surface area contributed by atoms with Gasteiger partial charge in [0.2, 0.25) is 5.91 Å². The molecule has 1 aromatic rings. The van der Waals surface area contributed by atoms with E-state index in [4.69, 9.17) is 10.0 Å². The van der Waals surface area contributed by atoms with Gasteiger partial charge in [-0.15, -0.1) is 0 Å².